The molecule has 5 aromatic rings. The Hall–Kier alpha value is -4.67. The molecule has 0 fully saturated rings. The van der Waals surface area contributed by atoms with Crippen molar-refractivity contribution >= 4 is 17.1 Å². The highest BCUT2D eigenvalue weighted by Crippen LogP contribution is 2.35. The summed E-state index contributed by atoms with van der Waals surface area (Å²) in [4.78, 5) is 21.0. The lowest BCUT2D eigenvalue weighted by Gasteiger charge is -2.14. The molecule has 2 aromatic carbocycles. The molecule has 0 aliphatic rings. The minimum atomic E-state index is -4.88. The molecule has 5 rings (SSSR count). The van der Waals surface area contributed by atoms with Gasteiger partial charge in [-0.3, -0.25) is 9.20 Å². The number of aromatic nitrogens is 3. The number of hydrogen-bond donors (Lipinski definition) is 1. The van der Waals surface area contributed by atoms with E-state index in [4.69, 9.17) is 0 Å². The summed E-state index contributed by atoms with van der Waals surface area (Å²) in [5, 5.41) is 2.29. The van der Waals surface area contributed by atoms with Gasteiger partial charge in [0.1, 0.15) is 17.3 Å². The lowest BCUT2D eigenvalue weighted by atomic mass is 10.1. The van der Waals surface area contributed by atoms with Gasteiger partial charge in [0.25, 0.3) is 5.91 Å². The number of nitrogens with zero attached hydrogens (tertiary/aromatic N) is 3. The molecular weight excluding hydrogens is 498 g/mol. The summed E-state index contributed by atoms with van der Waals surface area (Å²) in [6.07, 6.45) is -2.02. The van der Waals surface area contributed by atoms with Crippen molar-refractivity contribution in [3.63, 3.8) is 0 Å². The van der Waals surface area contributed by atoms with E-state index in [9.17, 15) is 31.1 Å². The Kier molecular flexibility index (Phi) is 5.90. The first-order chi connectivity index (χ1) is 17.6. The second kappa shape index (κ2) is 9.08. The molecule has 0 saturated heterocycles. The predicted molar refractivity (Wildman–Crippen MR) is 123 cm³/mol. The van der Waals surface area contributed by atoms with E-state index in [-0.39, 0.29) is 22.8 Å². The summed E-state index contributed by atoms with van der Waals surface area (Å²) in [5.41, 5.74) is -1.57. The van der Waals surface area contributed by atoms with Crippen LogP contribution in [0.5, 0.6) is 0 Å². The molecule has 3 heterocycles. The number of amides is 1. The molecule has 11 heteroatoms. The molecule has 0 radical (unpaired) electrons. The van der Waals surface area contributed by atoms with Gasteiger partial charge in [-0.2, -0.15) is 13.2 Å². The van der Waals surface area contributed by atoms with E-state index in [2.05, 4.69) is 15.3 Å². The summed E-state index contributed by atoms with van der Waals surface area (Å²) in [6, 6.07) is 13.0. The number of nitrogens with one attached hydrogen (secondary N) is 1. The Morgan fingerprint density at radius 3 is 2.32 bits per heavy atom. The highest BCUT2D eigenvalue weighted by molar-refractivity contribution is 6.04. The van der Waals surface area contributed by atoms with E-state index in [0.29, 0.717) is 11.1 Å². The van der Waals surface area contributed by atoms with E-state index in [1.54, 1.807) is 6.07 Å². The van der Waals surface area contributed by atoms with Crippen LogP contribution in [0.4, 0.5) is 32.0 Å². The van der Waals surface area contributed by atoms with E-state index >= 15 is 0 Å². The fourth-order valence-electron chi connectivity index (χ4n) is 3.85. The minimum absolute atomic E-state index is 0.00835. The maximum absolute atomic E-state index is 14.4. The zero-order chi connectivity index (χ0) is 26.3. The number of carbonyl (C=O) groups is 1. The summed E-state index contributed by atoms with van der Waals surface area (Å²) in [5.74, 6) is -3.83. The van der Waals surface area contributed by atoms with E-state index in [1.165, 1.54) is 47.1 Å². The van der Waals surface area contributed by atoms with Crippen LogP contribution >= 0.6 is 0 Å². The molecule has 3 aromatic heterocycles. The van der Waals surface area contributed by atoms with Crippen molar-refractivity contribution in [1.82, 2.24) is 14.4 Å². The number of rotatable bonds is 4. The van der Waals surface area contributed by atoms with Crippen molar-refractivity contribution in [1.29, 1.82) is 0 Å². The largest absolute Gasteiger partial charge is 0.418 e. The van der Waals surface area contributed by atoms with Gasteiger partial charge in [0.05, 0.1) is 28.5 Å². The number of halogens is 6. The third-order valence-electron chi connectivity index (χ3n) is 5.56. The maximum Gasteiger partial charge on any atom is 0.418 e. The Morgan fingerprint density at radius 2 is 1.59 bits per heavy atom. The van der Waals surface area contributed by atoms with Crippen LogP contribution in [0.3, 0.4) is 0 Å². The standard InChI is InChI=1S/C26H14F6N4O/c27-14-6-8-15(9-7-14)34-25(37)23-18(26(30,31)32)10-11-20(35-23)16-4-2-12-36-21(16)13-33-24(36)17-3-1-5-19(28)22(17)29/h1-13H,(H,34,37). The van der Waals surface area contributed by atoms with Crippen LogP contribution in [0.25, 0.3) is 28.2 Å². The molecule has 5 nitrogen and oxygen atoms in total. The quantitative estimate of drug-likeness (QED) is 0.271. The molecule has 0 aliphatic carbocycles. The number of pyridine rings is 2. The van der Waals surface area contributed by atoms with Gasteiger partial charge in [-0.05, 0) is 60.7 Å². The van der Waals surface area contributed by atoms with Gasteiger partial charge in [0, 0.05) is 17.4 Å². The van der Waals surface area contributed by atoms with Crippen molar-refractivity contribution in [2.75, 3.05) is 5.32 Å². The molecule has 37 heavy (non-hydrogen) atoms. The molecule has 0 saturated carbocycles. The molecular formula is C26H14F6N4O. The minimum Gasteiger partial charge on any atom is -0.321 e. The van der Waals surface area contributed by atoms with E-state index in [1.807, 2.05) is 0 Å². The zero-order valence-corrected chi connectivity index (χ0v) is 18.5. The Bertz CT molecular complexity index is 1640. The van der Waals surface area contributed by atoms with Gasteiger partial charge in [-0.25, -0.2) is 23.1 Å². The zero-order valence-electron chi connectivity index (χ0n) is 18.5. The van der Waals surface area contributed by atoms with Crippen LogP contribution in [0.1, 0.15) is 16.1 Å². The Morgan fingerprint density at radius 1 is 0.865 bits per heavy atom. The van der Waals surface area contributed by atoms with E-state index in [0.717, 1.165) is 30.3 Å². The van der Waals surface area contributed by atoms with Gasteiger partial charge >= 0.3 is 6.18 Å². The van der Waals surface area contributed by atoms with E-state index < -0.39 is 40.8 Å². The molecule has 0 spiro atoms. The first-order valence-electron chi connectivity index (χ1n) is 10.7. The van der Waals surface area contributed by atoms with Gasteiger partial charge < -0.3 is 5.32 Å². The van der Waals surface area contributed by atoms with Crippen molar-refractivity contribution in [3.8, 4) is 22.6 Å². The SMILES string of the molecule is O=C(Nc1ccc(F)cc1)c1nc(-c2cccn3c(-c4cccc(F)c4F)ncc23)ccc1C(F)(F)F. The average molecular weight is 512 g/mol. The lowest BCUT2D eigenvalue weighted by Crippen LogP contribution is -2.21. The molecule has 1 amide bonds. The second-order valence-electron chi connectivity index (χ2n) is 7.91. The van der Waals surface area contributed by atoms with Crippen LogP contribution in [0.15, 0.2) is 79.1 Å². The maximum atomic E-state index is 14.4. The molecule has 186 valence electrons. The summed E-state index contributed by atoms with van der Waals surface area (Å²) in [7, 11) is 0. The van der Waals surface area contributed by atoms with Crippen molar-refractivity contribution in [2.45, 2.75) is 6.18 Å². The lowest BCUT2D eigenvalue weighted by molar-refractivity contribution is -0.138. The molecule has 0 bridgehead atoms. The fourth-order valence-corrected chi connectivity index (χ4v) is 3.85. The van der Waals surface area contributed by atoms with Gasteiger partial charge in [-0.15, -0.1) is 0 Å². The highest BCUT2D eigenvalue weighted by atomic mass is 19.4. The molecule has 0 aliphatic heterocycles. The third-order valence-corrected chi connectivity index (χ3v) is 5.56. The normalized spacial score (nSPS) is 11.6. The number of anilines is 1. The van der Waals surface area contributed by atoms with Crippen LogP contribution in [0.2, 0.25) is 0 Å². The van der Waals surface area contributed by atoms with Gasteiger partial charge in [0.2, 0.25) is 0 Å². The Balaban J connectivity index is 1.61. The molecule has 1 N–H and O–H groups in total. The third kappa shape index (κ3) is 4.51. The fraction of sp³-hybridized carbons (Fsp3) is 0.0385. The van der Waals surface area contributed by atoms with Crippen molar-refractivity contribution in [2.24, 2.45) is 0 Å². The van der Waals surface area contributed by atoms with Gasteiger partial charge in [-0.1, -0.05) is 6.07 Å². The molecule has 0 atom stereocenters. The number of imidazole rings is 1. The monoisotopic (exact) mass is 512 g/mol. The number of fused-ring (bicyclic) bond motifs is 1. The highest BCUT2D eigenvalue weighted by Gasteiger charge is 2.36. The summed E-state index contributed by atoms with van der Waals surface area (Å²) in [6.45, 7) is 0. The smallest absolute Gasteiger partial charge is 0.321 e. The predicted octanol–water partition coefficient (Wildman–Crippen LogP) is 6.75. The van der Waals surface area contributed by atoms with Crippen molar-refractivity contribution in [3.05, 3.63) is 108 Å². The number of hydrogen-bond acceptors (Lipinski definition) is 3. The Labute approximate surface area is 205 Å². The van der Waals surface area contributed by atoms with Gasteiger partial charge in [0.15, 0.2) is 11.6 Å². The van der Waals surface area contributed by atoms with Crippen LogP contribution in [0, 0.1) is 17.5 Å². The topological polar surface area (TPSA) is 59.3 Å². The summed E-state index contributed by atoms with van der Waals surface area (Å²) < 4.78 is 83.9. The van der Waals surface area contributed by atoms with Crippen LogP contribution in [-0.4, -0.2) is 20.3 Å². The second-order valence-corrected chi connectivity index (χ2v) is 7.91. The molecule has 0 unspecified atom stereocenters. The van der Waals surface area contributed by atoms with Crippen molar-refractivity contribution < 1.29 is 31.1 Å². The van der Waals surface area contributed by atoms with Crippen LogP contribution in [-0.2, 0) is 6.18 Å². The first-order valence-corrected chi connectivity index (χ1v) is 10.7. The van der Waals surface area contributed by atoms with Crippen LogP contribution < -0.4 is 5.32 Å². The number of carbonyl (C=O) groups excluding carboxylic acids is 1. The number of benzene rings is 2. The summed E-state index contributed by atoms with van der Waals surface area (Å²) >= 11 is 0. The number of alkyl halides is 3. The average Bonchev–Trinajstić information content (AvgIpc) is 3.30. The first kappa shape index (κ1) is 24.0.